The zero-order chi connectivity index (χ0) is 21.2. The van der Waals surface area contributed by atoms with Gasteiger partial charge in [-0.25, -0.2) is 0 Å². The van der Waals surface area contributed by atoms with Crippen molar-refractivity contribution >= 4 is 5.84 Å². The maximum absolute atomic E-state index is 6.17. The van der Waals surface area contributed by atoms with Crippen molar-refractivity contribution in [2.45, 2.75) is 32.7 Å². The molecule has 0 aromatic heterocycles. The van der Waals surface area contributed by atoms with E-state index < -0.39 is 0 Å². The quantitative estimate of drug-likeness (QED) is 0.374. The SMILES string of the molecule is CN=C(N)C1=C/CCC(C)=C(Oc2ccc(CNCCc3ccccc3)cc2)/C=C\1. The highest BCUT2D eigenvalue weighted by Crippen LogP contribution is 2.22. The van der Waals surface area contributed by atoms with Crippen molar-refractivity contribution in [2.24, 2.45) is 10.7 Å². The van der Waals surface area contributed by atoms with Crippen molar-refractivity contribution in [3.8, 4) is 5.75 Å². The second-order valence-corrected chi connectivity index (χ2v) is 7.44. The minimum atomic E-state index is 0.550. The molecular formula is C26H31N3O. The normalized spacial score (nSPS) is 17.7. The third-order valence-corrected chi connectivity index (χ3v) is 5.17. The molecule has 0 amide bonds. The molecule has 0 heterocycles. The van der Waals surface area contributed by atoms with Crippen LogP contribution >= 0.6 is 0 Å². The molecule has 2 aromatic carbocycles. The molecule has 0 fully saturated rings. The maximum Gasteiger partial charge on any atom is 0.127 e. The zero-order valence-electron chi connectivity index (χ0n) is 17.9. The summed E-state index contributed by atoms with van der Waals surface area (Å²) in [6.07, 6.45) is 8.97. The summed E-state index contributed by atoms with van der Waals surface area (Å²) in [6, 6.07) is 18.8. The van der Waals surface area contributed by atoms with Crippen LogP contribution in [0.4, 0.5) is 0 Å². The lowest BCUT2D eigenvalue weighted by atomic mass is 10.0. The van der Waals surface area contributed by atoms with Gasteiger partial charge in [0.15, 0.2) is 0 Å². The van der Waals surface area contributed by atoms with Gasteiger partial charge < -0.3 is 15.8 Å². The maximum atomic E-state index is 6.17. The molecule has 0 bridgehead atoms. The van der Waals surface area contributed by atoms with E-state index in [-0.39, 0.29) is 0 Å². The number of hydrogen-bond acceptors (Lipinski definition) is 3. The molecular weight excluding hydrogens is 370 g/mol. The predicted molar refractivity (Wildman–Crippen MR) is 126 cm³/mol. The van der Waals surface area contributed by atoms with E-state index in [0.29, 0.717) is 5.84 Å². The molecule has 0 saturated carbocycles. The van der Waals surface area contributed by atoms with Crippen LogP contribution in [0, 0.1) is 0 Å². The largest absolute Gasteiger partial charge is 0.457 e. The van der Waals surface area contributed by atoms with Gasteiger partial charge in [-0.1, -0.05) is 48.5 Å². The van der Waals surface area contributed by atoms with Crippen LogP contribution < -0.4 is 15.8 Å². The monoisotopic (exact) mass is 401 g/mol. The van der Waals surface area contributed by atoms with Crippen LogP contribution in [-0.4, -0.2) is 19.4 Å². The number of allylic oxidation sites excluding steroid dienone is 3. The van der Waals surface area contributed by atoms with E-state index >= 15 is 0 Å². The minimum absolute atomic E-state index is 0.550. The molecule has 0 spiro atoms. The van der Waals surface area contributed by atoms with E-state index in [1.807, 2.05) is 24.3 Å². The third-order valence-electron chi connectivity index (χ3n) is 5.17. The number of rotatable bonds is 8. The van der Waals surface area contributed by atoms with Gasteiger partial charge in [0, 0.05) is 19.2 Å². The first-order valence-corrected chi connectivity index (χ1v) is 10.5. The Morgan fingerprint density at radius 2 is 1.80 bits per heavy atom. The first kappa shape index (κ1) is 21.6. The van der Waals surface area contributed by atoms with E-state index in [1.165, 1.54) is 16.7 Å². The van der Waals surface area contributed by atoms with Crippen molar-refractivity contribution in [3.05, 3.63) is 101 Å². The van der Waals surface area contributed by atoms with E-state index in [2.05, 4.69) is 65.8 Å². The molecule has 30 heavy (non-hydrogen) atoms. The van der Waals surface area contributed by atoms with Crippen LogP contribution in [0.5, 0.6) is 5.75 Å². The molecule has 0 unspecified atom stereocenters. The van der Waals surface area contributed by atoms with Crippen molar-refractivity contribution in [2.75, 3.05) is 13.6 Å². The van der Waals surface area contributed by atoms with Crippen molar-refractivity contribution in [1.29, 1.82) is 0 Å². The van der Waals surface area contributed by atoms with Gasteiger partial charge in [-0.2, -0.15) is 0 Å². The second kappa shape index (κ2) is 11.2. The number of amidine groups is 1. The summed E-state index contributed by atoms with van der Waals surface area (Å²) >= 11 is 0. The number of nitrogens with zero attached hydrogens (tertiary/aromatic N) is 1. The lowest BCUT2D eigenvalue weighted by molar-refractivity contribution is 0.435. The highest BCUT2D eigenvalue weighted by molar-refractivity contribution is 5.99. The smallest absolute Gasteiger partial charge is 0.127 e. The predicted octanol–water partition coefficient (Wildman–Crippen LogP) is 4.94. The Labute approximate surface area is 179 Å². The first-order chi connectivity index (χ1) is 14.7. The molecule has 0 radical (unpaired) electrons. The molecule has 4 heteroatoms. The average molecular weight is 402 g/mol. The summed E-state index contributed by atoms with van der Waals surface area (Å²) in [7, 11) is 1.71. The van der Waals surface area contributed by atoms with Gasteiger partial charge in [0.05, 0.1) is 0 Å². The Hall–Kier alpha value is -3.11. The van der Waals surface area contributed by atoms with E-state index in [4.69, 9.17) is 10.5 Å². The van der Waals surface area contributed by atoms with Crippen LogP contribution in [0.25, 0.3) is 0 Å². The van der Waals surface area contributed by atoms with Gasteiger partial charge in [-0.3, -0.25) is 4.99 Å². The van der Waals surface area contributed by atoms with Gasteiger partial charge in [-0.15, -0.1) is 0 Å². The fourth-order valence-electron chi connectivity index (χ4n) is 3.30. The van der Waals surface area contributed by atoms with Gasteiger partial charge >= 0.3 is 0 Å². The zero-order valence-corrected chi connectivity index (χ0v) is 17.9. The van der Waals surface area contributed by atoms with Crippen LogP contribution in [0.1, 0.15) is 30.9 Å². The molecule has 3 N–H and O–H groups in total. The van der Waals surface area contributed by atoms with Crippen LogP contribution in [-0.2, 0) is 13.0 Å². The summed E-state index contributed by atoms with van der Waals surface area (Å²) in [5.74, 6) is 2.26. The number of aliphatic imine (C=N–C) groups is 1. The summed E-state index contributed by atoms with van der Waals surface area (Å²) in [4.78, 5) is 4.08. The summed E-state index contributed by atoms with van der Waals surface area (Å²) in [5, 5.41) is 3.50. The van der Waals surface area contributed by atoms with Gasteiger partial charge in [0.25, 0.3) is 0 Å². The molecule has 4 nitrogen and oxygen atoms in total. The fraction of sp³-hybridized carbons (Fsp3) is 0.269. The Morgan fingerprint density at radius 3 is 2.53 bits per heavy atom. The average Bonchev–Trinajstić information content (AvgIpc) is 2.77. The number of benzene rings is 2. The van der Waals surface area contributed by atoms with Gasteiger partial charge in [0.1, 0.15) is 17.3 Å². The lowest BCUT2D eigenvalue weighted by Crippen LogP contribution is -2.16. The highest BCUT2D eigenvalue weighted by Gasteiger charge is 2.08. The van der Waals surface area contributed by atoms with Gasteiger partial charge in [0.2, 0.25) is 0 Å². The lowest BCUT2D eigenvalue weighted by Gasteiger charge is -2.14. The molecule has 2 aromatic rings. The highest BCUT2D eigenvalue weighted by atomic mass is 16.5. The van der Waals surface area contributed by atoms with Crippen molar-refractivity contribution < 1.29 is 4.74 Å². The summed E-state index contributed by atoms with van der Waals surface area (Å²) < 4.78 is 6.17. The second-order valence-electron chi connectivity index (χ2n) is 7.44. The third kappa shape index (κ3) is 6.46. The fourth-order valence-corrected chi connectivity index (χ4v) is 3.30. The number of ether oxygens (including phenoxy) is 1. The van der Waals surface area contributed by atoms with Crippen molar-refractivity contribution in [3.63, 3.8) is 0 Å². The Kier molecular flexibility index (Phi) is 8.04. The summed E-state index contributed by atoms with van der Waals surface area (Å²) in [5.41, 5.74) is 10.7. The topological polar surface area (TPSA) is 59.6 Å². The van der Waals surface area contributed by atoms with Crippen LogP contribution in [0.3, 0.4) is 0 Å². The Balaban J connectivity index is 1.54. The standard InChI is InChI=1S/C26H31N3O/c1-20-7-6-10-23(26(27)28-2)13-16-25(20)30-24-14-11-22(12-15-24)19-29-18-17-21-8-4-3-5-9-21/h3-5,8-16,29H,6-7,17-19H2,1-2H3,(H2,27,28)/b16-13-,23-10+,25-20?. The number of nitrogens with one attached hydrogen (secondary N) is 1. The van der Waals surface area contributed by atoms with Gasteiger partial charge in [-0.05, 0) is 73.7 Å². The molecule has 0 atom stereocenters. The molecule has 156 valence electrons. The van der Waals surface area contributed by atoms with Crippen LogP contribution in [0.15, 0.2) is 94.7 Å². The van der Waals surface area contributed by atoms with E-state index in [0.717, 1.165) is 49.4 Å². The molecule has 0 saturated heterocycles. The van der Waals surface area contributed by atoms with Crippen LogP contribution in [0.2, 0.25) is 0 Å². The minimum Gasteiger partial charge on any atom is -0.457 e. The Morgan fingerprint density at radius 1 is 1.03 bits per heavy atom. The van der Waals surface area contributed by atoms with E-state index in [1.54, 1.807) is 7.05 Å². The Bertz CT molecular complexity index is 938. The van der Waals surface area contributed by atoms with E-state index in [9.17, 15) is 0 Å². The first-order valence-electron chi connectivity index (χ1n) is 10.5. The molecule has 1 aliphatic rings. The molecule has 1 aliphatic carbocycles. The number of hydrogen-bond donors (Lipinski definition) is 2. The summed E-state index contributed by atoms with van der Waals surface area (Å²) in [6.45, 7) is 3.92. The molecule has 3 rings (SSSR count). The van der Waals surface area contributed by atoms with Crippen molar-refractivity contribution in [1.82, 2.24) is 5.32 Å². The number of nitrogens with two attached hydrogens (primary N) is 1. The molecule has 0 aliphatic heterocycles.